The van der Waals surface area contributed by atoms with E-state index in [1.54, 1.807) is 6.92 Å². The van der Waals surface area contributed by atoms with E-state index in [0.29, 0.717) is 6.54 Å². The van der Waals surface area contributed by atoms with Crippen LogP contribution in [0.3, 0.4) is 0 Å². The Balaban J connectivity index is 1.62. The summed E-state index contributed by atoms with van der Waals surface area (Å²) in [5.74, 6) is 0.265. The number of anilines is 3. The highest BCUT2D eigenvalue weighted by Crippen LogP contribution is 2.44. The van der Waals surface area contributed by atoms with Crippen molar-refractivity contribution in [3.8, 4) is 0 Å². The predicted molar refractivity (Wildman–Crippen MR) is 146 cm³/mol. The Morgan fingerprint density at radius 2 is 1.69 bits per heavy atom. The van der Waals surface area contributed by atoms with Crippen molar-refractivity contribution in [2.45, 2.75) is 72.2 Å². The molecule has 0 bridgehead atoms. The fourth-order valence-corrected chi connectivity index (χ4v) is 5.39. The number of fused-ring (bicyclic) bond motifs is 1. The number of piperazine rings is 1. The van der Waals surface area contributed by atoms with Gasteiger partial charge in [0.15, 0.2) is 0 Å². The SMILES string of the molecule is CC(=O)N1c2ccc(N3CCN(C(=O)OC(C)(C)C)C(C)C3)cc2C(Nc2ccccc2)[C@@H](C)[C@@H]1C. The van der Waals surface area contributed by atoms with Crippen molar-refractivity contribution in [1.29, 1.82) is 0 Å². The lowest BCUT2D eigenvalue weighted by Gasteiger charge is -2.45. The molecule has 7 nitrogen and oxygen atoms in total. The van der Waals surface area contributed by atoms with Crippen molar-refractivity contribution in [3.05, 3.63) is 54.1 Å². The van der Waals surface area contributed by atoms with E-state index in [4.69, 9.17) is 4.74 Å². The van der Waals surface area contributed by atoms with Gasteiger partial charge in [-0.05, 0) is 65.0 Å². The van der Waals surface area contributed by atoms with Crippen LogP contribution in [-0.2, 0) is 9.53 Å². The molecule has 7 heteroatoms. The average Bonchev–Trinajstić information content (AvgIpc) is 2.81. The summed E-state index contributed by atoms with van der Waals surface area (Å²) in [7, 11) is 0. The Hall–Kier alpha value is -3.22. The molecule has 2 aromatic carbocycles. The van der Waals surface area contributed by atoms with Crippen LogP contribution in [0.5, 0.6) is 0 Å². The predicted octanol–water partition coefficient (Wildman–Crippen LogP) is 5.68. The molecule has 2 unspecified atom stereocenters. The van der Waals surface area contributed by atoms with E-state index in [1.165, 1.54) is 0 Å². The van der Waals surface area contributed by atoms with Gasteiger partial charge in [0.1, 0.15) is 5.60 Å². The van der Waals surface area contributed by atoms with Crippen molar-refractivity contribution in [2.75, 3.05) is 34.8 Å². The van der Waals surface area contributed by atoms with Crippen molar-refractivity contribution in [3.63, 3.8) is 0 Å². The molecule has 2 amide bonds. The number of nitrogens with zero attached hydrogens (tertiary/aromatic N) is 3. The lowest BCUT2D eigenvalue weighted by atomic mass is 9.82. The third-order valence-electron chi connectivity index (χ3n) is 7.36. The van der Waals surface area contributed by atoms with E-state index >= 15 is 0 Å². The standard InChI is InChI=1S/C29H40N4O3/c1-19-18-31(15-16-32(19)28(35)36-29(5,6)7)24-13-14-26-25(17-24)27(30-23-11-9-8-10-12-23)20(2)21(3)33(26)22(4)34/h8-14,17,19-21,27,30H,15-16,18H2,1-7H3/t19?,20-,21-,27?/m0/s1. The molecule has 0 radical (unpaired) electrons. The number of nitrogens with one attached hydrogen (secondary N) is 1. The molecule has 1 fully saturated rings. The maximum atomic E-state index is 12.7. The normalized spacial score (nSPS) is 24.2. The number of amides is 2. The molecule has 2 aromatic rings. The Kier molecular flexibility index (Phi) is 7.21. The third kappa shape index (κ3) is 5.30. The van der Waals surface area contributed by atoms with Gasteiger partial charge in [0.05, 0.1) is 6.04 Å². The lowest BCUT2D eigenvalue weighted by Crippen LogP contribution is -2.55. The Labute approximate surface area is 215 Å². The van der Waals surface area contributed by atoms with Crippen molar-refractivity contribution < 1.29 is 14.3 Å². The number of rotatable bonds is 3. The van der Waals surface area contributed by atoms with Crippen molar-refractivity contribution in [2.24, 2.45) is 5.92 Å². The number of ether oxygens (including phenoxy) is 1. The van der Waals surface area contributed by atoms with Gasteiger partial charge >= 0.3 is 6.09 Å². The lowest BCUT2D eigenvalue weighted by molar-refractivity contribution is -0.117. The number of hydrogen-bond donors (Lipinski definition) is 1. The molecule has 2 aliphatic rings. The molecule has 2 heterocycles. The molecule has 4 rings (SSSR count). The van der Waals surface area contributed by atoms with Crippen LogP contribution in [0.1, 0.15) is 60.1 Å². The highest BCUT2D eigenvalue weighted by atomic mass is 16.6. The topological polar surface area (TPSA) is 65.1 Å². The van der Waals surface area contributed by atoms with Gasteiger partial charge in [-0.2, -0.15) is 0 Å². The molecule has 2 aliphatic heterocycles. The van der Waals surface area contributed by atoms with Crippen LogP contribution < -0.4 is 15.1 Å². The van der Waals surface area contributed by atoms with Crippen LogP contribution in [0, 0.1) is 5.92 Å². The molecule has 1 N–H and O–H groups in total. The van der Waals surface area contributed by atoms with Crippen LogP contribution in [0.15, 0.2) is 48.5 Å². The molecule has 4 atom stereocenters. The minimum atomic E-state index is -0.510. The Bertz CT molecular complexity index is 1100. The summed E-state index contributed by atoms with van der Waals surface area (Å²) >= 11 is 0. The average molecular weight is 493 g/mol. The first-order valence-electron chi connectivity index (χ1n) is 13.0. The first-order valence-corrected chi connectivity index (χ1v) is 13.0. The fourth-order valence-electron chi connectivity index (χ4n) is 5.39. The minimum Gasteiger partial charge on any atom is -0.444 e. The molecule has 1 saturated heterocycles. The number of para-hydroxylation sites is 1. The van der Waals surface area contributed by atoms with Crippen LogP contribution in [0.25, 0.3) is 0 Å². The molecular formula is C29H40N4O3. The molecule has 0 aliphatic carbocycles. The van der Waals surface area contributed by atoms with Crippen LogP contribution >= 0.6 is 0 Å². The van der Waals surface area contributed by atoms with Gasteiger partial charge in [-0.1, -0.05) is 25.1 Å². The van der Waals surface area contributed by atoms with Crippen molar-refractivity contribution in [1.82, 2.24) is 4.90 Å². The number of carbonyl (C=O) groups is 2. The largest absolute Gasteiger partial charge is 0.444 e. The molecule has 194 valence electrons. The highest BCUT2D eigenvalue weighted by molar-refractivity contribution is 5.94. The van der Waals surface area contributed by atoms with Gasteiger partial charge in [0, 0.05) is 67.2 Å². The van der Waals surface area contributed by atoms with E-state index in [9.17, 15) is 9.59 Å². The maximum absolute atomic E-state index is 12.7. The summed E-state index contributed by atoms with van der Waals surface area (Å²) in [5, 5.41) is 3.73. The van der Waals surface area contributed by atoms with Crippen LogP contribution in [0.4, 0.5) is 21.9 Å². The number of carbonyl (C=O) groups excluding carboxylic acids is 2. The summed E-state index contributed by atoms with van der Waals surface area (Å²) < 4.78 is 5.61. The van der Waals surface area contributed by atoms with Crippen LogP contribution in [0.2, 0.25) is 0 Å². The zero-order valence-corrected chi connectivity index (χ0v) is 22.6. The molecule has 0 saturated carbocycles. The van der Waals surface area contributed by atoms with Gasteiger partial charge in [0.25, 0.3) is 0 Å². The Morgan fingerprint density at radius 1 is 1.00 bits per heavy atom. The summed E-state index contributed by atoms with van der Waals surface area (Å²) in [4.78, 5) is 31.4. The summed E-state index contributed by atoms with van der Waals surface area (Å²) in [6.07, 6.45) is -0.257. The Morgan fingerprint density at radius 3 is 2.31 bits per heavy atom. The van der Waals surface area contributed by atoms with Gasteiger partial charge in [-0.25, -0.2) is 4.79 Å². The van der Waals surface area contributed by atoms with Gasteiger partial charge in [-0.15, -0.1) is 0 Å². The first kappa shape index (κ1) is 25.9. The minimum absolute atomic E-state index is 0.0236. The second-order valence-corrected chi connectivity index (χ2v) is 11.2. The van der Waals surface area contributed by atoms with Gasteiger partial charge in [0.2, 0.25) is 5.91 Å². The maximum Gasteiger partial charge on any atom is 0.410 e. The monoisotopic (exact) mass is 492 g/mol. The van der Waals surface area contributed by atoms with E-state index in [1.807, 2.05) is 48.8 Å². The van der Waals surface area contributed by atoms with E-state index in [-0.39, 0.29) is 36.0 Å². The summed E-state index contributed by atoms with van der Waals surface area (Å²) in [6.45, 7) is 15.8. The second-order valence-electron chi connectivity index (χ2n) is 11.2. The van der Waals surface area contributed by atoms with E-state index < -0.39 is 5.60 Å². The summed E-state index contributed by atoms with van der Waals surface area (Å²) in [5.41, 5.74) is 3.75. The van der Waals surface area contributed by atoms with Crippen molar-refractivity contribution >= 4 is 29.1 Å². The molecule has 0 aromatic heterocycles. The van der Waals surface area contributed by atoms with E-state index in [2.05, 4.69) is 61.3 Å². The zero-order valence-electron chi connectivity index (χ0n) is 22.6. The first-order chi connectivity index (χ1) is 17.0. The highest BCUT2D eigenvalue weighted by Gasteiger charge is 2.39. The smallest absolute Gasteiger partial charge is 0.410 e. The number of hydrogen-bond acceptors (Lipinski definition) is 5. The number of benzene rings is 2. The quantitative estimate of drug-likeness (QED) is 0.598. The van der Waals surface area contributed by atoms with E-state index in [0.717, 1.165) is 35.7 Å². The molecule has 0 spiro atoms. The zero-order chi connectivity index (χ0) is 26.2. The van der Waals surface area contributed by atoms with Crippen LogP contribution in [-0.4, -0.2) is 54.2 Å². The fraction of sp³-hybridized carbons (Fsp3) is 0.517. The van der Waals surface area contributed by atoms with Gasteiger partial charge < -0.3 is 24.8 Å². The molecule has 36 heavy (non-hydrogen) atoms. The third-order valence-corrected chi connectivity index (χ3v) is 7.36. The summed E-state index contributed by atoms with van der Waals surface area (Å²) in [6, 6.07) is 16.8. The van der Waals surface area contributed by atoms with Gasteiger partial charge in [-0.3, -0.25) is 4.79 Å². The molecular weight excluding hydrogens is 452 g/mol. The second kappa shape index (κ2) is 10.0.